The molecule has 5 atom stereocenters. The highest BCUT2D eigenvalue weighted by molar-refractivity contribution is 8.02. The quantitative estimate of drug-likeness (QED) is 0.439. The predicted octanol–water partition coefficient (Wildman–Crippen LogP) is 1.67. The zero-order chi connectivity index (χ0) is 22.9. The normalized spacial score (nSPS) is 34.0. The standard InChI is InChI=1S/C24H35N3O4S/c1-3-4-5-13-26-14-9-11-24-19(18-17(32-24)10-8-12-25(2)21(18)29)22(30)27(15-6-7-16-28)20(24)23(26)31/h8-11,17-20,28H,3-7,12-16H2,1-2H3/t17-,18+,19+,20?,24+/m1/s1. The van der Waals surface area contributed by atoms with E-state index in [0.29, 0.717) is 39.0 Å². The Kier molecular flexibility index (Phi) is 7.00. The SMILES string of the molecule is CCCCCN1CC=C[C@]23S[C@@H]4C=CCN(C)C(=O)[C@@H]4[C@H]2C(=O)N(CCCCO)C3C1=O. The Labute approximate surface area is 194 Å². The van der Waals surface area contributed by atoms with E-state index in [2.05, 4.69) is 19.1 Å². The molecule has 4 heterocycles. The lowest BCUT2D eigenvalue weighted by molar-refractivity contribution is -0.144. The molecular weight excluding hydrogens is 426 g/mol. The molecule has 1 N–H and O–H groups in total. The van der Waals surface area contributed by atoms with Gasteiger partial charge in [-0.3, -0.25) is 14.4 Å². The first-order valence-corrected chi connectivity index (χ1v) is 12.8. The predicted molar refractivity (Wildman–Crippen MR) is 125 cm³/mol. The summed E-state index contributed by atoms with van der Waals surface area (Å²) < 4.78 is -0.722. The van der Waals surface area contributed by atoms with Crippen molar-refractivity contribution < 1.29 is 19.5 Å². The molecule has 32 heavy (non-hydrogen) atoms. The average Bonchev–Trinajstić information content (AvgIpc) is 3.10. The van der Waals surface area contributed by atoms with Crippen LogP contribution in [0, 0.1) is 11.8 Å². The maximum Gasteiger partial charge on any atom is 0.247 e. The second-order valence-electron chi connectivity index (χ2n) is 9.34. The Morgan fingerprint density at radius 1 is 1.03 bits per heavy atom. The van der Waals surface area contributed by atoms with E-state index >= 15 is 0 Å². The molecule has 2 fully saturated rings. The lowest BCUT2D eigenvalue weighted by Gasteiger charge is -2.35. The van der Waals surface area contributed by atoms with Crippen LogP contribution in [0.4, 0.5) is 0 Å². The summed E-state index contributed by atoms with van der Waals surface area (Å²) in [7, 11) is 1.78. The number of rotatable bonds is 8. The summed E-state index contributed by atoms with van der Waals surface area (Å²) in [5.74, 6) is -1.09. The van der Waals surface area contributed by atoms with Crippen molar-refractivity contribution >= 4 is 29.5 Å². The van der Waals surface area contributed by atoms with E-state index in [4.69, 9.17) is 0 Å². The molecule has 4 aliphatic rings. The van der Waals surface area contributed by atoms with Gasteiger partial charge in [-0.15, -0.1) is 11.8 Å². The van der Waals surface area contributed by atoms with Crippen molar-refractivity contribution in [3.8, 4) is 0 Å². The largest absolute Gasteiger partial charge is 0.396 e. The third-order valence-electron chi connectivity index (χ3n) is 7.28. The number of thioether (sulfide) groups is 1. The average molecular weight is 462 g/mol. The summed E-state index contributed by atoms with van der Waals surface area (Å²) >= 11 is 1.63. The maximum atomic E-state index is 13.9. The summed E-state index contributed by atoms with van der Waals surface area (Å²) in [6.45, 7) is 4.42. The van der Waals surface area contributed by atoms with Gasteiger partial charge >= 0.3 is 0 Å². The molecule has 1 unspecified atom stereocenters. The van der Waals surface area contributed by atoms with Crippen LogP contribution >= 0.6 is 11.8 Å². The van der Waals surface area contributed by atoms with Gasteiger partial charge in [-0.1, -0.05) is 44.1 Å². The topological polar surface area (TPSA) is 81.2 Å². The number of carbonyl (C=O) groups excluding carboxylic acids is 3. The van der Waals surface area contributed by atoms with E-state index in [-0.39, 0.29) is 29.6 Å². The van der Waals surface area contributed by atoms with Gasteiger partial charge in [0.1, 0.15) is 6.04 Å². The number of likely N-dealkylation sites (N-methyl/N-ethyl adjacent to an activating group) is 1. The highest BCUT2D eigenvalue weighted by atomic mass is 32.2. The van der Waals surface area contributed by atoms with Crippen molar-refractivity contribution in [1.29, 1.82) is 0 Å². The fraction of sp³-hybridized carbons (Fsp3) is 0.708. The van der Waals surface area contributed by atoms with Crippen molar-refractivity contribution in [3.05, 3.63) is 24.3 Å². The van der Waals surface area contributed by atoms with E-state index in [1.165, 1.54) is 0 Å². The minimum absolute atomic E-state index is 0.000283. The number of likely N-dealkylation sites (tertiary alicyclic amines) is 1. The van der Waals surface area contributed by atoms with Gasteiger partial charge < -0.3 is 19.8 Å². The van der Waals surface area contributed by atoms with Gasteiger partial charge in [-0.2, -0.15) is 0 Å². The lowest BCUT2D eigenvalue weighted by atomic mass is 9.78. The minimum Gasteiger partial charge on any atom is -0.396 e. The number of amides is 3. The Hall–Kier alpha value is -1.80. The highest BCUT2D eigenvalue weighted by Gasteiger charge is 2.70. The van der Waals surface area contributed by atoms with Gasteiger partial charge in [0.25, 0.3) is 0 Å². The molecule has 8 heteroatoms. The Balaban J connectivity index is 1.72. The van der Waals surface area contributed by atoms with Crippen LogP contribution in [0.25, 0.3) is 0 Å². The van der Waals surface area contributed by atoms with Crippen LogP contribution in [0.2, 0.25) is 0 Å². The second kappa shape index (κ2) is 9.59. The third kappa shape index (κ3) is 3.79. The van der Waals surface area contributed by atoms with Crippen molar-refractivity contribution in [3.63, 3.8) is 0 Å². The van der Waals surface area contributed by atoms with Gasteiger partial charge in [0.15, 0.2) is 0 Å². The van der Waals surface area contributed by atoms with Crippen molar-refractivity contribution in [2.24, 2.45) is 11.8 Å². The van der Waals surface area contributed by atoms with E-state index in [0.717, 1.165) is 19.3 Å². The first-order chi connectivity index (χ1) is 15.5. The number of aliphatic hydroxyl groups is 1. The van der Waals surface area contributed by atoms with Crippen LogP contribution in [-0.4, -0.2) is 93.4 Å². The number of carbonyl (C=O) groups is 3. The fourth-order valence-electron chi connectivity index (χ4n) is 5.70. The molecule has 0 radical (unpaired) electrons. The van der Waals surface area contributed by atoms with E-state index in [9.17, 15) is 19.5 Å². The zero-order valence-electron chi connectivity index (χ0n) is 19.1. The fourth-order valence-corrected chi connectivity index (χ4v) is 7.70. The first-order valence-electron chi connectivity index (χ1n) is 11.9. The lowest BCUT2D eigenvalue weighted by Crippen LogP contribution is -2.53. The number of hydrogen-bond acceptors (Lipinski definition) is 5. The summed E-state index contributed by atoms with van der Waals surface area (Å²) in [6.07, 6.45) is 12.5. The van der Waals surface area contributed by atoms with Crippen LogP contribution in [-0.2, 0) is 14.4 Å². The van der Waals surface area contributed by atoms with Crippen molar-refractivity contribution in [2.75, 3.05) is 39.8 Å². The highest BCUT2D eigenvalue weighted by Crippen LogP contribution is 2.60. The monoisotopic (exact) mass is 461 g/mol. The molecule has 4 aliphatic heterocycles. The molecule has 0 bridgehead atoms. The number of nitrogens with zero attached hydrogens (tertiary/aromatic N) is 3. The Bertz CT molecular complexity index is 815. The van der Waals surface area contributed by atoms with Gasteiger partial charge in [0.2, 0.25) is 17.7 Å². The van der Waals surface area contributed by atoms with Crippen LogP contribution < -0.4 is 0 Å². The zero-order valence-corrected chi connectivity index (χ0v) is 19.9. The number of fused-ring (bicyclic) bond motifs is 2. The first kappa shape index (κ1) is 23.4. The summed E-state index contributed by atoms with van der Waals surface area (Å²) in [6, 6.07) is -0.595. The smallest absolute Gasteiger partial charge is 0.247 e. The molecule has 0 aromatic carbocycles. The van der Waals surface area contributed by atoms with Gasteiger partial charge in [-0.05, 0) is 19.3 Å². The third-order valence-corrected chi connectivity index (χ3v) is 9.03. The minimum atomic E-state index is -0.722. The summed E-state index contributed by atoms with van der Waals surface area (Å²) in [5, 5.41) is 9.15. The van der Waals surface area contributed by atoms with E-state index < -0.39 is 22.6 Å². The Morgan fingerprint density at radius 3 is 2.56 bits per heavy atom. The van der Waals surface area contributed by atoms with Gasteiger partial charge in [0.05, 0.1) is 16.6 Å². The molecule has 0 saturated carbocycles. The number of hydrogen-bond donors (Lipinski definition) is 1. The molecule has 7 nitrogen and oxygen atoms in total. The van der Waals surface area contributed by atoms with Crippen molar-refractivity contribution in [1.82, 2.24) is 14.7 Å². The number of aliphatic hydroxyl groups excluding tert-OH is 1. The molecule has 2 saturated heterocycles. The van der Waals surface area contributed by atoms with Crippen LogP contribution in [0.1, 0.15) is 39.0 Å². The maximum absolute atomic E-state index is 13.9. The molecule has 4 rings (SSSR count). The van der Waals surface area contributed by atoms with E-state index in [1.54, 1.807) is 28.6 Å². The van der Waals surface area contributed by atoms with Gasteiger partial charge in [-0.25, -0.2) is 0 Å². The van der Waals surface area contributed by atoms with Crippen LogP contribution in [0.5, 0.6) is 0 Å². The number of unbranched alkanes of at least 4 members (excludes halogenated alkanes) is 3. The molecule has 176 valence electrons. The molecule has 3 amide bonds. The molecule has 1 spiro atoms. The second-order valence-corrected chi connectivity index (χ2v) is 10.8. The summed E-state index contributed by atoms with van der Waals surface area (Å²) in [5.41, 5.74) is 0. The molecule has 0 aromatic rings. The van der Waals surface area contributed by atoms with E-state index in [1.807, 2.05) is 17.1 Å². The van der Waals surface area contributed by atoms with Crippen LogP contribution in [0.3, 0.4) is 0 Å². The Morgan fingerprint density at radius 2 is 1.81 bits per heavy atom. The molecule has 0 aliphatic carbocycles. The molecular formula is C24H35N3O4S. The van der Waals surface area contributed by atoms with Crippen molar-refractivity contribution in [2.45, 2.75) is 55.1 Å². The van der Waals surface area contributed by atoms with Crippen LogP contribution in [0.15, 0.2) is 24.3 Å². The summed E-state index contributed by atoms with van der Waals surface area (Å²) in [4.78, 5) is 46.3. The molecule has 0 aromatic heterocycles. The van der Waals surface area contributed by atoms with Gasteiger partial charge in [0, 0.05) is 45.1 Å².